The minimum atomic E-state index is -0.641. The van der Waals surface area contributed by atoms with Crippen LogP contribution in [0.15, 0.2) is 23.1 Å². The molecule has 0 radical (unpaired) electrons. The van der Waals surface area contributed by atoms with Gasteiger partial charge in [-0.2, -0.15) is 5.26 Å². The van der Waals surface area contributed by atoms with Gasteiger partial charge >= 0.3 is 0 Å². The standard InChI is InChI=1S/C17H24N2OS/c1-3-21-16-8-4-7-15(14(16)11-18)19-12-17(20)9-5-6-13(2)10-17/h4,7-8,13,19-20H,3,5-6,9-10,12H2,1-2H3. The first-order valence-corrected chi connectivity index (χ1v) is 8.68. The predicted molar refractivity (Wildman–Crippen MR) is 88.6 cm³/mol. The maximum Gasteiger partial charge on any atom is 0.102 e. The quantitative estimate of drug-likeness (QED) is 0.807. The van der Waals surface area contributed by atoms with Crippen LogP contribution in [0.3, 0.4) is 0 Å². The highest BCUT2D eigenvalue weighted by atomic mass is 32.2. The third-order valence-electron chi connectivity index (χ3n) is 4.11. The van der Waals surface area contributed by atoms with Crippen molar-refractivity contribution in [3.63, 3.8) is 0 Å². The van der Waals surface area contributed by atoms with Gasteiger partial charge in [-0.25, -0.2) is 0 Å². The second kappa shape index (κ2) is 7.20. The molecule has 1 aromatic rings. The van der Waals surface area contributed by atoms with E-state index >= 15 is 0 Å². The van der Waals surface area contributed by atoms with Crippen molar-refractivity contribution in [2.24, 2.45) is 5.92 Å². The number of thioether (sulfide) groups is 1. The molecule has 0 amide bonds. The van der Waals surface area contributed by atoms with E-state index < -0.39 is 5.60 Å². The van der Waals surface area contributed by atoms with E-state index in [1.165, 1.54) is 6.42 Å². The molecule has 0 aliphatic heterocycles. The van der Waals surface area contributed by atoms with Crippen molar-refractivity contribution in [3.05, 3.63) is 23.8 Å². The van der Waals surface area contributed by atoms with Crippen LogP contribution in [0.5, 0.6) is 0 Å². The molecule has 2 N–H and O–H groups in total. The summed E-state index contributed by atoms with van der Waals surface area (Å²) in [5.74, 6) is 1.52. The van der Waals surface area contributed by atoms with Gasteiger partial charge in [-0.3, -0.25) is 0 Å². The summed E-state index contributed by atoms with van der Waals surface area (Å²) < 4.78 is 0. The van der Waals surface area contributed by atoms with Gasteiger partial charge in [0.25, 0.3) is 0 Å². The third kappa shape index (κ3) is 4.15. The minimum Gasteiger partial charge on any atom is -0.388 e. The number of hydrogen-bond donors (Lipinski definition) is 2. The zero-order valence-electron chi connectivity index (χ0n) is 12.9. The summed E-state index contributed by atoms with van der Waals surface area (Å²) >= 11 is 1.68. The van der Waals surface area contributed by atoms with Crippen LogP contribution in [0.25, 0.3) is 0 Å². The Kier molecular flexibility index (Phi) is 5.55. The Labute approximate surface area is 131 Å². The van der Waals surface area contributed by atoms with E-state index in [0.29, 0.717) is 18.0 Å². The molecule has 1 fully saturated rings. The molecular weight excluding hydrogens is 280 g/mol. The number of nitriles is 1. The van der Waals surface area contributed by atoms with Gasteiger partial charge in [-0.1, -0.05) is 32.8 Å². The van der Waals surface area contributed by atoms with Crippen molar-refractivity contribution in [2.45, 2.75) is 50.0 Å². The van der Waals surface area contributed by atoms with Gasteiger partial charge in [0.1, 0.15) is 6.07 Å². The molecule has 0 saturated heterocycles. The molecule has 1 saturated carbocycles. The smallest absolute Gasteiger partial charge is 0.102 e. The zero-order valence-corrected chi connectivity index (χ0v) is 13.7. The average molecular weight is 304 g/mol. The molecule has 4 heteroatoms. The third-order valence-corrected chi connectivity index (χ3v) is 5.05. The molecule has 114 valence electrons. The maximum atomic E-state index is 10.7. The second-order valence-electron chi connectivity index (χ2n) is 6.00. The van der Waals surface area contributed by atoms with Gasteiger partial charge in [-0.15, -0.1) is 11.8 Å². The molecule has 1 aliphatic carbocycles. The Morgan fingerprint density at radius 3 is 3.00 bits per heavy atom. The second-order valence-corrected chi connectivity index (χ2v) is 7.31. The first-order chi connectivity index (χ1) is 10.1. The van der Waals surface area contributed by atoms with Crippen LogP contribution in [-0.2, 0) is 0 Å². The van der Waals surface area contributed by atoms with Crippen LogP contribution >= 0.6 is 11.8 Å². The van der Waals surface area contributed by atoms with Gasteiger partial charge in [0.05, 0.1) is 16.9 Å². The normalized spacial score (nSPS) is 25.3. The Balaban J connectivity index is 2.09. The monoisotopic (exact) mass is 304 g/mol. The first-order valence-electron chi connectivity index (χ1n) is 7.70. The summed E-state index contributed by atoms with van der Waals surface area (Å²) in [5, 5.41) is 23.4. The molecule has 2 unspecified atom stereocenters. The number of benzene rings is 1. The Bertz CT molecular complexity index is 526. The summed E-state index contributed by atoms with van der Waals surface area (Å²) in [7, 11) is 0. The molecule has 0 spiro atoms. The highest BCUT2D eigenvalue weighted by Gasteiger charge is 2.32. The molecule has 1 aliphatic rings. The van der Waals surface area contributed by atoms with Crippen LogP contribution in [-0.4, -0.2) is 23.0 Å². The average Bonchev–Trinajstić information content (AvgIpc) is 2.45. The highest BCUT2D eigenvalue weighted by molar-refractivity contribution is 7.99. The van der Waals surface area contributed by atoms with Gasteiger partial charge in [0.15, 0.2) is 0 Å². The van der Waals surface area contributed by atoms with E-state index in [0.717, 1.165) is 35.6 Å². The van der Waals surface area contributed by atoms with Crippen LogP contribution < -0.4 is 5.32 Å². The summed E-state index contributed by atoms with van der Waals surface area (Å²) in [6.45, 7) is 4.80. The lowest BCUT2D eigenvalue weighted by Crippen LogP contribution is -2.41. The summed E-state index contributed by atoms with van der Waals surface area (Å²) in [6, 6.07) is 8.17. The first kappa shape index (κ1) is 16.2. The van der Waals surface area contributed by atoms with Gasteiger partial charge in [-0.05, 0) is 36.6 Å². The number of anilines is 1. The lowest BCUT2D eigenvalue weighted by molar-refractivity contribution is -0.000766. The number of aliphatic hydroxyl groups is 1. The van der Waals surface area contributed by atoms with E-state index in [2.05, 4.69) is 25.2 Å². The van der Waals surface area contributed by atoms with Gasteiger partial charge in [0.2, 0.25) is 0 Å². The fourth-order valence-corrected chi connectivity index (χ4v) is 3.91. The zero-order chi connectivity index (χ0) is 15.3. The van der Waals surface area contributed by atoms with E-state index in [9.17, 15) is 10.4 Å². The summed E-state index contributed by atoms with van der Waals surface area (Å²) in [4.78, 5) is 1.01. The summed E-state index contributed by atoms with van der Waals surface area (Å²) in [5.41, 5.74) is 0.887. The van der Waals surface area contributed by atoms with Gasteiger partial charge < -0.3 is 10.4 Å². The van der Waals surface area contributed by atoms with E-state index in [1.807, 2.05) is 18.2 Å². The number of rotatable bonds is 5. The number of nitrogens with one attached hydrogen (secondary N) is 1. The maximum absolute atomic E-state index is 10.7. The number of nitrogens with zero attached hydrogens (tertiary/aromatic N) is 1. The molecular formula is C17H24N2OS. The predicted octanol–water partition coefficient (Wildman–Crippen LogP) is 4.02. The van der Waals surface area contributed by atoms with E-state index in [-0.39, 0.29) is 0 Å². The molecule has 2 rings (SSSR count). The lowest BCUT2D eigenvalue weighted by Gasteiger charge is -2.36. The van der Waals surface area contributed by atoms with E-state index in [1.54, 1.807) is 11.8 Å². The van der Waals surface area contributed by atoms with Crippen molar-refractivity contribution in [1.82, 2.24) is 0 Å². The number of hydrogen-bond acceptors (Lipinski definition) is 4. The molecule has 1 aromatic carbocycles. The van der Waals surface area contributed by atoms with Gasteiger partial charge in [0, 0.05) is 11.4 Å². The molecule has 0 bridgehead atoms. The van der Waals surface area contributed by atoms with Crippen molar-refractivity contribution in [3.8, 4) is 6.07 Å². The van der Waals surface area contributed by atoms with Crippen molar-refractivity contribution < 1.29 is 5.11 Å². The fourth-order valence-electron chi connectivity index (χ4n) is 3.12. The molecule has 3 nitrogen and oxygen atoms in total. The lowest BCUT2D eigenvalue weighted by atomic mass is 9.79. The largest absolute Gasteiger partial charge is 0.388 e. The molecule has 21 heavy (non-hydrogen) atoms. The van der Waals surface area contributed by atoms with Crippen molar-refractivity contribution in [1.29, 1.82) is 5.26 Å². The van der Waals surface area contributed by atoms with Crippen LogP contribution in [0.1, 0.15) is 45.1 Å². The van der Waals surface area contributed by atoms with Crippen LogP contribution in [0.4, 0.5) is 5.69 Å². The Hall–Kier alpha value is -1.18. The minimum absolute atomic E-state index is 0.520. The van der Waals surface area contributed by atoms with Crippen LogP contribution in [0.2, 0.25) is 0 Å². The molecule has 0 heterocycles. The Morgan fingerprint density at radius 1 is 1.52 bits per heavy atom. The summed E-state index contributed by atoms with van der Waals surface area (Å²) in [6.07, 6.45) is 3.96. The van der Waals surface area contributed by atoms with Crippen molar-refractivity contribution >= 4 is 17.4 Å². The topological polar surface area (TPSA) is 56.0 Å². The Morgan fingerprint density at radius 2 is 2.33 bits per heavy atom. The fraction of sp³-hybridized carbons (Fsp3) is 0.588. The van der Waals surface area contributed by atoms with Crippen molar-refractivity contribution in [2.75, 3.05) is 17.6 Å². The highest BCUT2D eigenvalue weighted by Crippen LogP contribution is 2.33. The SMILES string of the molecule is CCSc1cccc(NCC2(O)CCCC(C)C2)c1C#N. The molecule has 2 atom stereocenters. The van der Waals surface area contributed by atoms with Crippen LogP contribution in [0, 0.1) is 17.2 Å². The van der Waals surface area contributed by atoms with E-state index in [4.69, 9.17) is 0 Å². The molecule has 0 aromatic heterocycles.